The van der Waals surface area contributed by atoms with E-state index in [1.54, 1.807) is 19.1 Å². The van der Waals surface area contributed by atoms with Crippen LogP contribution in [0.4, 0.5) is 13.2 Å². The van der Waals surface area contributed by atoms with Gasteiger partial charge in [0.1, 0.15) is 0 Å². The maximum absolute atomic E-state index is 12.8. The van der Waals surface area contributed by atoms with Gasteiger partial charge in [-0.05, 0) is 36.8 Å². The summed E-state index contributed by atoms with van der Waals surface area (Å²) in [4.78, 5) is 20.8. The Hall–Kier alpha value is -2.67. The number of halogens is 4. The summed E-state index contributed by atoms with van der Waals surface area (Å²) >= 11 is 6.10. The van der Waals surface area contributed by atoms with Crippen LogP contribution >= 0.6 is 11.6 Å². The van der Waals surface area contributed by atoms with Crippen LogP contribution in [0.5, 0.6) is 0 Å². The van der Waals surface area contributed by atoms with Crippen LogP contribution in [0.2, 0.25) is 5.02 Å². The molecular weight excluding hydrogens is 367 g/mol. The van der Waals surface area contributed by atoms with E-state index >= 15 is 0 Å². The molecule has 4 nitrogen and oxygen atoms in total. The first-order valence-corrected chi connectivity index (χ1v) is 7.99. The number of hydrogen-bond donors (Lipinski definition) is 1. The molecule has 1 N–H and O–H groups in total. The number of fused-ring (bicyclic) bond motifs is 1. The predicted octanol–water partition coefficient (Wildman–Crippen LogP) is 4.54. The van der Waals surface area contributed by atoms with E-state index in [1.165, 1.54) is 18.3 Å². The molecule has 0 saturated heterocycles. The maximum Gasteiger partial charge on any atom is 0.416 e. The zero-order chi connectivity index (χ0) is 18.9. The number of pyridine rings is 2. The van der Waals surface area contributed by atoms with Gasteiger partial charge in [-0.2, -0.15) is 13.2 Å². The van der Waals surface area contributed by atoms with Gasteiger partial charge in [-0.15, -0.1) is 0 Å². The molecular formula is C18H13ClF3N3O. The molecule has 0 aliphatic rings. The lowest BCUT2D eigenvalue weighted by Gasteiger charge is -2.11. The standard InChI is InChI=1S/C18H13ClF3N3O/c1-10-13(8-14-15(19)5-6-23-16(14)25-10)17(26)24-9-11-3-2-4-12(7-11)18(20,21)22/h2-8H,9H2,1H3,(H,24,26). The van der Waals surface area contributed by atoms with Crippen molar-refractivity contribution in [3.8, 4) is 0 Å². The van der Waals surface area contributed by atoms with E-state index in [0.29, 0.717) is 32.9 Å². The number of amides is 1. The number of rotatable bonds is 3. The van der Waals surface area contributed by atoms with E-state index in [9.17, 15) is 18.0 Å². The van der Waals surface area contributed by atoms with Gasteiger partial charge in [0.15, 0.2) is 5.65 Å². The van der Waals surface area contributed by atoms with Gasteiger partial charge in [-0.3, -0.25) is 4.79 Å². The Morgan fingerprint density at radius 1 is 1.23 bits per heavy atom. The zero-order valence-electron chi connectivity index (χ0n) is 13.6. The first-order chi connectivity index (χ1) is 12.3. The highest BCUT2D eigenvalue weighted by atomic mass is 35.5. The topological polar surface area (TPSA) is 54.9 Å². The summed E-state index contributed by atoms with van der Waals surface area (Å²) in [6.07, 6.45) is -2.91. The molecule has 0 radical (unpaired) electrons. The minimum atomic E-state index is -4.43. The van der Waals surface area contributed by atoms with Crippen LogP contribution in [-0.2, 0) is 12.7 Å². The van der Waals surface area contributed by atoms with Crippen molar-refractivity contribution >= 4 is 28.5 Å². The van der Waals surface area contributed by atoms with Crippen molar-refractivity contribution in [2.75, 3.05) is 0 Å². The molecule has 2 heterocycles. The van der Waals surface area contributed by atoms with E-state index in [-0.39, 0.29) is 6.54 Å². The molecule has 0 bridgehead atoms. The normalized spacial score (nSPS) is 11.6. The van der Waals surface area contributed by atoms with Gasteiger partial charge in [0, 0.05) is 18.1 Å². The smallest absolute Gasteiger partial charge is 0.348 e. The summed E-state index contributed by atoms with van der Waals surface area (Å²) < 4.78 is 38.3. The average Bonchev–Trinajstić information content (AvgIpc) is 2.59. The number of aryl methyl sites for hydroxylation is 1. The van der Waals surface area contributed by atoms with Gasteiger partial charge in [0.2, 0.25) is 0 Å². The van der Waals surface area contributed by atoms with Gasteiger partial charge >= 0.3 is 6.18 Å². The molecule has 0 unspecified atom stereocenters. The lowest BCUT2D eigenvalue weighted by atomic mass is 10.1. The predicted molar refractivity (Wildman–Crippen MR) is 91.9 cm³/mol. The fourth-order valence-electron chi connectivity index (χ4n) is 2.49. The highest BCUT2D eigenvalue weighted by Gasteiger charge is 2.30. The molecule has 3 aromatic rings. The minimum Gasteiger partial charge on any atom is -0.348 e. The number of aromatic nitrogens is 2. The lowest BCUT2D eigenvalue weighted by Crippen LogP contribution is -2.24. The average molecular weight is 380 g/mol. The Balaban J connectivity index is 1.82. The van der Waals surface area contributed by atoms with Crippen molar-refractivity contribution in [3.05, 3.63) is 70.0 Å². The number of alkyl halides is 3. The zero-order valence-corrected chi connectivity index (χ0v) is 14.3. The van der Waals surface area contributed by atoms with Crippen LogP contribution in [0, 0.1) is 6.92 Å². The second kappa shape index (κ2) is 6.92. The number of nitrogens with one attached hydrogen (secondary N) is 1. The molecule has 26 heavy (non-hydrogen) atoms. The fourth-order valence-corrected chi connectivity index (χ4v) is 2.69. The van der Waals surface area contributed by atoms with Crippen LogP contribution in [0.1, 0.15) is 27.2 Å². The maximum atomic E-state index is 12.8. The second-order valence-electron chi connectivity index (χ2n) is 5.67. The number of hydrogen-bond acceptors (Lipinski definition) is 3. The van der Waals surface area contributed by atoms with E-state index in [2.05, 4.69) is 15.3 Å². The summed E-state index contributed by atoms with van der Waals surface area (Å²) in [6.45, 7) is 1.61. The number of carbonyl (C=O) groups excluding carboxylic acids is 1. The van der Waals surface area contributed by atoms with Crippen LogP contribution in [-0.4, -0.2) is 15.9 Å². The monoisotopic (exact) mass is 379 g/mol. The Morgan fingerprint density at radius 2 is 2.00 bits per heavy atom. The molecule has 1 aromatic carbocycles. The summed E-state index contributed by atoms with van der Waals surface area (Å²) in [5, 5.41) is 3.55. The molecule has 0 spiro atoms. The van der Waals surface area contributed by atoms with Crippen molar-refractivity contribution in [2.24, 2.45) is 0 Å². The Bertz CT molecular complexity index is 989. The number of nitrogens with zero attached hydrogens (tertiary/aromatic N) is 2. The van der Waals surface area contributed by atoms with E-state index in [1.807, 2.05) is 0 Å². The SMILES string of the molecule is Cc1nc2nccc(Cl)c2cc1C(=O)NCc1cccc(C(F)(F)F)c1. The lowest BCUT2D eigenvalue weighted by molar-refractivity contribution is -0.137. The van der Waals surface area contributed by atoms with Gasteiger partial charge in [-0.1, -0.05) is 23.7 Å². The molecule has 3 rings (SSSR count). The summed E-state index contributed by atoms with van der Waals surface area (Å²) in [5.41, 5.74) is 0.752. The first-order valence-electron chi connectivity index (χ1n) is 7.62. The van der Waals surface area contributed by atoms with Crippen LogP contribution in [0.25, 0.3) is 11.0 Å². The highest BCUT2D eigenvalue weighted by molar-refractivity contribution is 6.35. The van der Waals surface area contributed by atoms with Crippen LogP contribution < -0.4 is 5.32 Å². The Morgan fingerprint density at radius 3 is 2.73 bits per heavy atom. The number of carbonyl (C=O) groups is 1. The van der Waals surface area contributed by atoms with Crippen LogP contribution in [0.15, 0.2) is 42.6 Å². The summed E-state index contributed by atoms with van der Waals surface area (Å²) in [5.74, 6) is -0.450. The molecule has 1 amide bonds. The second-order valence-corrected chi connectivity index (χ2v) is 6.07. The fraction of sp³-hybridized carbons (Fsp3) is 0.167. The quantitative estimate of drug-likeness (QED) is 0.726. The molecule has 134 valence electrons. The van der Waals surface area contributed by atoms with E-state index in [4.69, 9.17) is 11.6 Å². The molecule has 0 atom stereocenters. The van der Waals surface area contributed by atoms with Gasteiger partial charge in [-0.25, -0.2) is 9.97 Å². The summed E-state index contributed by atoms with van der Waals surface area (Å²) in [6, 6.07) is 7.98. The van der Waals surface area contributed by atoms with Crippen molar-refractivity contribution in [2.45, 2.75) is 19.6 Å². The molecule has 2 aromatic heterocycles. The minimum absolute atomic E-state index is 0.0407. The van der Waals surface area contributed by atoms with Gasteiger partial charge in [0.25, 0.3) is 5.91 Å². The molecule has 0 fully saturated rings. The third-order valence-corrected chi connectivity index (χ3v) is 4.15. The van der Waals surface area contributed by atoms with Crippen LogP contribution in [0.3, 0.4) is 0 Å². The molecule has 0 aliphatic heterocycles. The molecule has 0 saturated carbocycles. The van der Waals surface area contributed by atoms with Crippen molar-refractivity contribution < 1.29 is 18.0 Å². The third-order valence-electron chi connectivity index (χ3n) is 3.82. The number of benzene rings is 1. The molecule has 0 aliphatic carbocycles. The Kier molecular flexibility index (Phi) is 4.82. The van der Waals surface area contributed by atoms with Gasteiger partial charge in [0.05, 0.1) is 21.8 Å². The highest BCUT2D eigenvalue weighted by Crippen LogP contribution is 2.29. The summed E-state index contributed by atoms with van der Waals surface area (Å²) in [7, 11) is 0. The first kappa shape index (κ1) is 18.1. The van der Waals surface area contributed by atoms with Crippen molar-refractivity contribution in [3.63, 3.8) is 0 Å². The van der Waals surface area contributed by atoms with Crippen molar-refractivity contribution in [1.29, 1.82) is 0 Å². The van der Waals surface area contributed by atoms with Crippen molar-refractivity contribution in [1.82, 2.24) is 15.3 Å². The largest absolute Gasteiger partial charge is 0.416 e. The third kappa shape index (κ3) is 3.77. The van der Waals surface area contributed by atoms with E-state index < -0.39 is 17.6 Å². The molecule has 8 heteroatoms. The van der Waals surface area contributed by atoms with Gasteiger partial charge < -0.3 is 5.32 Å². The van der Waals surface area contributed by atoms with E-state index in [0.717, 1.165) is 12.1 Å². The Labute approximate surface area is 152 Å².